The van der Waals surface area contributed by atoms with Crippen LogP contribution in [0.15, 0.2) is 91.4 Å². The lowest BCUT2D eigenvalue weighted by atomic mass is 9.97. The minimum atomic E-state index is -0.416. The Bertz CT molecular complexity index is 1300. The largest absolute Gasteiger partial charge is 0.360 e. The number of nitrogens with zero attached hydrogens (tertiary/aromatic N) is 2. The van der Waals surface area contributed by atoms with Crippen molar-refractivity contribution in [2.24, 2.45) is 0 Å². The van der Waals surface area contributed by atoms with Gasteiger partial charge in [-0.05, 0) is 23.8 Å². The molecule has 0 saturated carbocycles. The van der Waals surface area contributed by atoms with E-state index in [0.717, 1.165) is 34.0 Å². The van der Waals surface area contributed by atoms with E-state index in [9.17, 15) is 4.79 Å². The molecule has 2 aromatic heterocycles. The van der Waals surface area contributed by atoms with Crippen LogP contribution < -0.4 is 5.32 Å². The smallest absolute Gasteiger partial charge is 0.186 e. The molecule has 0 aliphatic carbocycles. The third kappa shape index (κ3) is 3.40. The number of benzene rings is 3. The molecule has 5 rings (SSSR count). The van der Waals surface area contributed by atoms with Gasteiger partial charge in [0, 0.05) is 35.8 Å². The fourth-order valence-electron chi connectivity index (χ4n) is 3.96. The van der Waals surface area contributed by atoms with E-state index in [1.54, 1.807) is 0 Å². The van der Waals surface area contributed by atoms with Crippen LogP contribution in [0.4, 0.5) is 0 Å². The van der Waals surface area contributed by atoms with Gasteiger partial charge in [0.25, 0.3) is 0 Å². The number of H-pyrrole nitrogens is 1. The number of rotatable bonds is 7. The van der Waals surface area contributed by atoms with E-state index in [1.807, 2.05) is 85.3 Å². The highest BCUT2D eigenvalue weighted by molar-refractivity contribution is 6.10. The zero-order valence-corrected chi connectivity index (χ0v) is 16.5. The highest BCUT2D eigenvalue weighted by Gasteiger charge is 2.23. The van der Waals surface area contributed by atoms with Crippen molar-refractivity contribution in [3.63, 3.8) is 0 Å². The summed E-state index contributed by atoms with van der Waals surface area (Å²) in [6.45, 7) is 1.37. The summed E-state index contributed by atoms with van der Waals surface area (Å²) in [7, 11) is 0. The average Bonchev–Trinajstić information content (AvgIpc) is 3.41. The molecule has 2 N–H and O–H groups in total. The van der Waals surface area contributed by atoms with Gasteiger partial charge in [0.2, 0.25) is 0 Å². The van der Waals surface area contributed by atoms with Crippen molar-refractivity contribution >= 4 is 27.7 Å². The van der Waals surface area contributed by atoms with Gasteiger partial charge >= 0.3 is 0 Å². The van der Waals surface area contributed by atoms with Gasteiger partial charge in [-0.1, -0.05) is 60.7 Å². The van der Waals surface area contributed by atoms with Crippen LogP contribution in [0.2, 0.25) is 0 Å². The maximum absolute atomic E-state index is 13.5. The molecule has 0 aliphatic rings. The van der Waals surface area contributed by atoms with Crippen LogP contribution in [-0.4, -0.2) is 26.9 Å². The summed E-state index contributed by atoms with van der Waals surface area (Å²) < 4.78 is 2.11. The lowest BCUT2D eigenvalue weighted by Gasteiger charge is -2.18. The number of aromatic nitrogens is 3. The Morgan fingerprint density at radius 1 is 0.967 bits per heavy atom. The molecule has 0 fully saturated rings. The maximum atomic E-state index is 13.5. The number of imidazole rings is 1. The number of carbonyl (C=O) groups is 1. The molecule has 148 valence electrons. The van der Waals surface area contributed by atoms with Crippen molar-refractivity contribution in [3.05, 3.63) is 103 Å². The van der Waals surface area contributed by atoms with Crippen LogP contribution in [0.1, 0.15) is 22.0 Å². The first-order valence-electron chi connectivity index (χ1n) is 10.1. The molecule has 5 aromatic rings. The van der Waals surface area contributed by atoms with Gasteiger partial charge in [-0.3, -0.25) is 4.79 Å². The summed E-state index contributed by atoms with van der Waals surface area (Å²) in [5, 5.41) is 4.43. The van der Waals surface area contributed by atoms with Crippen molar-refractivity contribution in [1.29, 1.82) is 0 Å². The van der Waals surface area contributed by atoms with Gasteiger partial charge in [-0.15, -0.1) is 0 Å². The summed E-state index contributed by atoms with van der Waals surface area (Å²) in [6, 6.07) is 25.5. The number of Topliss-reactive ketones (excluding diaryl/α,β-unsaturated/α-hetero) is 1. The number of aromatic amines is 1. The topological polar surface area (TPSA) is 62.7 Å². The van der Waals surface area contributed by atoms with E-state index in [1.165, 1.54) is 0 Å². The molecule has 0 unspecified atom stereocenters. The highest BCUT2D eigenvalue weighted by atomic mass is 16.1. The number of hydrogen-bond donors (Lipinski definition) is 2. The van der Waals surface area contributed by atoms with Crippen molar-refractivity contribution < 1.29 is 4.79 Å². The minimum Gasteiger partial charge on any atom is -0.360 e. The predicted molar refractivity (Wildman–Crippen MR) is 120 cm³/mol. The second-order valence-corrected chi connectivity index (χ2v) is 7.34. The van der Waals surface area contributed by atoms with Crippen LogP contribution in [0.25, 0.3) is 21.9 Å². The van der Waals surface area contributed by atoms with Crippen molar-refractivity contribution in [3.8, 4) is 0 Å². The molecule has 0 bridgehead atoms. The van der Waals surface area contributed by atoms with E-state index in [0.29, 0.717) is 12.1 Å². The first kappa shape index (κ1) is 18.3. The molecule has 5 heteroatoms. The summed E-state index contributed by atoms with van der Waals surface area (Å²) in [6.07, 6.45) is 3.67. The summed E-state index contributed by atoms with van der Waals surface area (Å²) in [5.74, 6) is 0.0640. The molecular formula is C25H22N4O. The molecule has 2 heterocycles. The van der Waals surface area contributed by atoms with Crippen molar-refractivity contribution in [2.45, 2.75) is 12.6 Å². The van der Waals surface area contributed by atoms with Crippen LogP contribution in [0, 0.1) is 0 Å². The SMILES string of the molecule is O=C(c1c[nH]c2ccccc12)[C@H](NCCn1cnc2ccccc21)c1ccccc1. The minimum absolute atomic E-state index is 0.0640. The molecule has 5 nitrogen and oxygen atoms in total. The summed E-state index contributed by atoms with van der Waals surface area (Å²) >= 11 is 0. The van der Waals surface area contributed by atoms with E-state index in [2.05, 4.69) is 25.9 Å². The van der Waals surface area contributed by atoms with Crippen LogP contribution in [0.5, 0.6) is 0 Å². The number of carbonyl (C=O) groups excluding carboxylic acids is 1. The molecular weight excluding hydrogens is 372 g/mol. The maximum Gasteiger partial charge on any atom is 0.186 e. The Morgan fingerprint density at radius 2 is 1.73 bits per heavy atom. The normalized spacial score (nSPS) is 12.4. The Kier molecular flexibility index (Phi) is 4.87. The molecule has 1 atom stereocenters. The second kappa shape index (κ2) is 7.97. The quantitative estimate of drug-likeness (QED) is 0.392. The number of para-hydroxylation sites is 3. The van der Waals surface area contributed by atoms with Crippen molar-refractivity contribution in [1.82, 2.24) is 19.9 Å². The third-order valence-corrected chi connectivity index (χ3v) is 5.48. The number of nitrogens with one attached hydrogen (secondary N) is 2. The first-order valence-corrected chi connectivity index (χ1v) is 10.1. The second-order valence-electron chi connectivity index (χ2n) is 7.34. The fraction of sp³-hybridized carbons (Fsp3) is 0.120. The zero-order chi connectivity index (χ0) is 20.3. The summed E-state index contributed by atoms with van der Waals surface area (Å²) in [4.78, 5) is 21.2. The Morgan fingerprint density at radius 3 is 2.63 bits per heavy atom. The molecule has 0 radical (unpaired) electrons. The molecule has 0 saturated heterocycles. The zero-order valence-electron chi connectivity index (χ0n) is 16.5. The molecule has 3 aromatic carbocycles. The van der Waals surface area contributed by atoms with Crippen LogP contribution >= 0.6 is 0 Å². The van der Waals surface area contributed by atoms with E-state index in [4.69, 9.17) is 0 Å². The lowest BCUT2D eigenvalue weighted by molar-refractivity contribution is 0.0944. The van der Waals surface area contributed by atoms with Crippen molar-refractivity contribution in [2.75, 3.05) is 6.54 Å². The lowest BCUT2D eigenvalue weighted by Crippen LogP contribution is -2.31. The van der Waals surface area contributed by atoms with E-state index < -0.39 is 6.04 Å². The van der Waals surface area contributed by atoms with Gasteiger partial charge in [0.05, 0.1) is 23.4 Å². The molecule has 0 aliphatic heterocycles. The standard InChI is InChI=1S/C25H22N4O/c30-25(20-16-27-21-11-5-4-10-19(20)21)24(18-8-2-1-3-9-18)26-14-15-29-17-28-22-12-6-7-13-23(22)29/h1-13,16-17,24,26-27H,14-15H2/t24-/m1/s1. The van der Waals surface area contributed by atoms with Crippen LogP contribution in [0.3, 0.4) is 0 Å². The van der Waals surface area contributed by atoms with Gasteiger partial charge in [-0.25, -0.2) is 4.98 Å². The molecule has 30 heavy (non-hydrogen) atoms. The number of ketones is 1. The van der Waals surface area contributed by atoms with Crippen LogP contribution in [-0.2, 0) is 6.54 Å². The number of fused-ring (bicyclic) bond motifs is 2. The average molecular weight is 394 g/mol. The summed E-state index contributed by atoms with van der Waals surface area (Å²) in [5.41, 5.74) is 4.71. The number of hydrogen-bond acceptors (Lipinski definition) is 3. The molecule has 0 amide bonds. The fourth-order valence-corrected chi connectivity index (χ4v) is 3.96. The van der Waals surface area contributed by atoms with Gasteiger partial charge in [0.15, 0.2) is 5.78 Å². The molecule has 0 spiro atoms. The Balaban J connectivity index is 1.40. The van der Waals surface area contributed by atoms with Gasteiger partial charge in [-0.2, -0.15) is 0 Å². The Labute approximate surface area is 174 Å². The van der Waals surface area contributed by atoms with Gasteiger partial charge in [0.1, 0.15) is 0 Å². The third-order valence-electron chi connectivity index (χ3n) is 5.48. The van der Waals surface area contributed by atoms with E-state index in [-0.39, 0.29) is 5.78 Å². The highest BCUT2D eigenvalue weighted by Crippen LogP contribution is 2.24. The Hall–Kier alpha value is -3.70. The van der Waals surface area contributed by atoms with E-state index >= 15 is 0 Å². The predicted octanol–water partition coefficient (Wildman–Crippen LogP) is 4.73. The van der Waals surface area contributed by atoms with Gasteiger partial charge < -0.3 is 14.9 Å². The first-order chi connectivity index (χ1) is 14.8. The monoisotopic (exact) mass is 394 g/mol.